The molecule has 6 rings (SSSR count). The SMILES string of the molecule is Cc1nc(-c2ncccn2)sc1C(=O)N1C[C@@H]2[C@H](C1)[C@@H]2Oc1cc(C(C)(C)N)cc(-c2cccc(F)c2)n1. The van der Waals surface area contributed by atoms with Crippen LogP contribution in [0.2, 0.25) is 0 Å². The van der Waals surface area contributed by atoms with Gasteiger partial charge < -0.3 is 15.4 Å². The van der Waals surface area contributed by atoms with Gasteiger partial charge in [-0.25, -0.2) is 24.3 Å². The molecule has 0 unspecified atom stereocenters. The minimum atomic E-state index is -0.623. The number of hydrogen-bond donors (Lipinski definition) is 1. The second-order valence-electron chi connectivity index (χ2n) is 10.4. The monoisotopic (exact) mass is 530 g/mol. The molecule has 1 aromatic carbocycles. The fourth-order valence-electron chi connectivity index (χ4n) is 4.93. The molecule has 38 heavy (non-hydrogen) atoms. The van der Waals surface area contributed by atoms with E-state index < -0.39 is 5.54 Å². The summed E-state index contributed by atoms with van der Waals surface area (Å²) in [5, 5.41) is 0.639. The van der Waals surface area contributed by atoms with E-state index in [0.717, 1.165) is 5.56 Å². The van der Waals surface area contributed by atoms with Crippen molar-refractivity contribution in [1.82, 2.24) is 24.8 Å². The number of ether oxygens (including phenoxy) is 1. The number of nitrogens with zero attached hydrogens (tertiary/aromatic N) is 5. The molecule has 1 amide bonds. The molecule has 0 spiro atoms. The lowest BCUT2D eigenvalue weighted by Gasteiger charge is -2.22. The average molecular weight is 531 g/mol. The van der Waals surface area contributed by atoms with Crippen molar-refractivity contribution in [2.75, 3.05) is 13.1 Å². The van der Waals surface area contributed by atoms with Crippen molar-refractivity contribution in [2.45, 2.75) is 32.4 Å². The van der Waals surface area contributed by atoms with Gasteiger partial charge in [0.2, 0.25) is 5.88 Å². The van der Waals surface area contributed by atoms with E-state index in [9.17, 15) is 9.18 Å². The van der Waals surface area contributed by atoms with Crippen molar-refractivity contribution in [1.29, 1.82) is 0 Å². The van der Waals surface area contributed by atoms with Gasteiger partial charge in [0, 0.05) is 54.5 Å². The highest BCUT2D eigenvalue weighted by Crippen LogP contribution is 2.48. The van der Waals surface area contributed by atoms with Gasteiger partial charge in [-0.05, 0) is 50.6 Å². The maximum atomic E-state index is 13.9. The second kappa shape index (κ2) is 9.21. The average Bonchev–Trinajstić information content (AvgIpc) is 3.22. The zero-order chi connectivity index (χ0) is 26.6. The quantitative estimate of drug-likeness (QED) is 0.392. The molecule has 2 N–H and O–H groups in total. The topological polar surface area (TPSA) is 107 Å². The molecule has 1 aliphatic heterocycles. The molecule has 4 aromatic rings. The molecule has 1 aliphatic carbocycles. The van der Waals surface area contributed by atoms with Crippen LogP contribution in [0.3, 0.4) is 0 Å². The summed E-state index contributed by atoms with van der Waals surface area (Å²) < 4.78 is 20.2. The Balaban J connectivity index is 1.16. The number of aromatic nitrogens is 4. The number of carbonyl (C=O) groups is 1. The van der Waals surface area contributed by atoms with Crippen molar-refractivity contribution in [3.8, 4) is 28.0 Å². The minimum absolute atomic E-state index is 0.0217. The molecule has 3 aromatic heterocycles. The van der Waals surface area contributed by atoms with Crippen LogP contribution >= 0.6 is 11.3 Å². The molecule has 0 radical (unpaired) electrons. The first-order valence-corrected chi connectivity index (χ1v) is 13.3. The maximum absolute atomic E-state index is 13.9. The lowest BCUT2D eigenvalue weighted by atomic mass is 9.95. The van der Waals surface area contributed by atoms with Gasteiger partial charge in [0.05, 0.1) is 11.4 Å². The molecule has 8 nitrogen and oxygen atoms in total. The Morgan fingerprint density at radius 3 is 2.53 bits per heavy atom. The Morgan fingerprint density at radius 1 is 1.11 bits per heavy atom. The van der Waals surface area contributed by atoms with Gasteiger partial charge in [0.25, 0.3) is 5.91 Å². The summed E-state index contributed by atoms with van der Waals surface area (Å²) in [5.41, 5.74) is 8.57. The number of pyridine rings is 1. The fraction of sp³-hybridized carbons (Fsp3) is 0.321. The van der Waals surface area contributed by atoms with Gasteiger partial charge in [-0.1, -0.05) is 12.1 Å². The molecule has 10 heteroatoms. The van der Waals surface area contributed by atoms with Crippen molar-refractivity contribution in [2.24, 2.45) is 17.6 Å². The standard InChI is InChI=1S/C28H27FN6O2S/c1-15-24(38-26(33-15)25-31-8-5-9-32-25)27(36)35-13-19-20(14-35)23(19)37-22-12-17(28(2,3)30)11-21(34-22)16-6-4-7-18(29)10-16/h4-12,19-20,23H,13-14,30H2,1-3H3/t19-,20+,23-. The van der Waals surface area contributed by atoms with Gasteiger partial charge in [-0.2, -0.15) is 0 Å². The summed E-state index contributed by atoms with van der Waals surface area (Å²) in [7, 11) is 0. The first kappa shape index (κ1) is 24.6. The number of aryl methyl sites for hydroxylation is 1. The van der Waals surface area contributed by atoms with E-state index >= 15 is 0 Å². The fourth-order valence-corrected chi connectivity index (χ4v) is 5.91. The van der Waals surface area contributed by atoms with Crippen molar-refractivity contribution in [3.63, 3.8) is 0 Å². The molecule has 3 atom stereocenters. The lowest BCUT2D eigenvalue weighted by molar-refractivity contribution is 0.0755. The van der Waals surface area contributed by atoms with Crippen LogP contribution in [0.15, 0.2) is 54.9 Å². The van der Waals surface area contributed by atoms with E-state index in [-0.39, 0.29) is 29.7 Å². The van der Waals surface area contributed by atoms with Crippen LogP contribution < -0.4 is 10.5 Å². The number of halogens is 1. The number of rotatable bonds is 6. The van der Waals surface area contributed by atoms with E-state index in [1.54, 1.807) is 24.5 Å². The van der Waals surface area contributed by atoms with Crippen LogP contribution in [0, 0.1) is 24.6 Å². The highest BCUT2D eigenvalue weighted by atomic mass is 32.1. The Labute approximate surface area is 223 Å². The first-order chi connectivity index (χ1) is 18.2. The predicted octanol–water partition coefficient (Wildman–Crippen LogP) is 4.45. The van der Waals surface area contributed by atoms with Crippen molar-refractivity contribution in [3.05, 3.63) is 76.8 Å². The molecule has 2 fully saturated rings. The number of benzene rings is 1. The number of piperidine rings is 1. The van der Waals surface area contributed by atoms with Crippen LogP contribution in [0.1, 0.15) is 34.8 Å². The number of amides is 1. The van der Waals surface area contributed by atoms with E-state index in [1.807, 2.05) is 43.9 Å². The van der Waals surface area contributed by atoms with Crippen molar-refractivity contribution < 1.29 is 13.9 Å². The third kappa shape index (κ3) is 4.65. The number of fused-ring (bicyclic) bond motifs is 1. The molecule has 194 valence electrons. The number of carbonyl (C=O) groups excluding carboxylic acids is 1. The molecule has 0 bridgehead atoms. The Hall–Kier alpha value is -3.76. The van der Waals surface area contributed by atoms with E-state index in [1.165, 1.54) is 23.5 Å². The lowest BCUT2D eigenvalue weighted by Crippen LogP contribution is -2.33. The van der Waals surface area contributed by atoms with Gasteiger partial charge >= 0.3 is 0 Å². The van der Waals surface area contributed by atoms with E-state index in [0.29, 0.717) is 51.6 Å². The summed E-state index contributed by atoms with van der Waals surface area (Å²) in [6, 6.07) is 11.8. The number of hydrogen-bond acceptors (Lipinski definition) is 8. The number of thiazole rings is 1. The molecule has 4 heterocycles. The largest absolute Gasteiger partial charge is 0.474 e. The van der Waals surface area contributed by atoms with Crippen LogP contribution in [-0.4, -0.2) is 49.9 Å². The van der Waals surface area contributed by atoms with Gasteiger partial charge in [0.1, 0.15) is 16.8 Å². The first-order valence-electron chi connectivity index (χ1n) is 12.5. The van der Waals surface area contributed by atoms with E-state index in [4.69, 9.17) is 10.5 Å². The number of likely N-dealkylation sites (tertiary alicyclic amines) is 1. The zero-order valence-electron chi connectivity index (χ0n) is 21.3. The third-order valence-corrected chi connectivity index (χ3v) is 8.21. The van der Waals surface area contributed by atoms with Crippen LogP contribution in [-0.2, 0) is 5.54 Å². The second-order valence-corrected chi connectivity index (χ2v) is 11.4. The smallest absolute Gasteiger partial charge is 0.265 e. The van der Waals surface area contributed by atoms with Gasteiger partial charge in [-0.15, -0.1) is 11.3 Å². The minimum Gasteiger partial charge on any atom is -0.474 e. The van der Waals surface area contributed by atoms with Gasteiger partial charge in [0.15, 0.2) is 10.8 Å². The molecule has 2 aliphatic rings. The van der Waals surface area contributed by atoms with Crippen molar-refractivity contribution >= 4 is 17.2 Å². The summed E-state index contributed by atoms with van der Waals surface area (Å²) in [6.07, 6.45) is 3.29. The number of nitrogens with two attached hydrogens (primary N) is 1. The predicted molar refractivity (Wildman–Crippen MR) is 142 cm³/mol. The van der Waals surface area contributed by atoms with Crippen LogP contribution in [0.25, 0.3) is 22.1 Å². The van der Waals surface area contributed by atoms with Gasteiger partial charge in [-0.3, -0.25) is 4.79 Å². The molecule has 1 saturated heterocycles. The maximum Gasteiger partial charge on any atom is 0.265 e. The highest BCUT2D eigenvalue weighted by Gasteiger charge is 2.59. The zero-order valence-corrected chi connectivity index (χ0v) is 22.1. The third-order valence-electron chi connectivity index (χ3n) is 7.07. The summed E-state index contributed by atoms with van der Waals surface area (Å²) in [6.45, 7) is 6.89. The van der Waals surface area contributed by atoms with Crippen LogP contribution in [0.5, 0.6) is 5.88 Å². The summed E-state index contributed by atoms with van der Waals surface area (Å²) in [5.74, 6) is 1.10. The molecular formula is C28H27FN6O2S. The summed E-state index contributed by atoms with van der Waals surface area (Å²) in [4.78, 5) is 33.4. The Kier molecular flexibility index (Phi) is 5.96. The highest BCUT2D eigenvalue weighted by molar-refractivity contribution is 7.17. The Bertz CT molecular complexity index is 1510. The molecule has 1 saturated carbocycles. The summed E-state index contributed by atoms with van der Waals surface area (Å²) >= 11 is 1.32. The Morgan fingerprint density at radius 2 is 1.84 bits per heavy atom. The normalized spacial score (nSPS) is 20.3. The van der Waals surface area contributed by atoms with E-state index in [2.05, 4.69) is 19.9 Å². The van der Waals surface area contributed by atoms with Crippen LogP contribution in [0.4, 0.5) is 4.39 Å². The molecular weight excluding hydrogens is 503 g/mol.